The lowest BCUT2D eigenvalue weighted by atomic mass is 9.91. The summed E-state index contributed by atoms with van der Waals surface area (Å²) in [6.45, 7) is -0.375. The van der Waals surface area contributed by atoms with Crippen molar-refractivity contribution >= 4 is 31.7 Å². The van der Waals surface area contributed by atoms with Crippen LogP contribution in [-0.2, 0) is 14.8 Å². The SMILES string of the molecule is O=C(C1CNC2=C(NS(=O)(=O)c3ccc(Br)cc3OC(F)(F)F)CCC(=C2)C1)C(F)(F)F. The van der Waals surface area contributed by atoms with Crippen LogP contribution in [0.25, 0.3) is 0 Å². The molecule has 32 heavy (non-hydrogen) atoms. The number of halogens is 7. The van der Waals surface area contributed by atoms with Gasteiger partial charge in [0.15, 0.2) is 5.75 Å². The van der Waals surface area contributed by atoms with Gasteiger partial charge >= 0.3 is 12.5 Å². The van der Waals surface area contributed by atoms with Crippen LogP contribution in [0.15, 0.2) is 50.6 Å². The van der Waals surface area contributed by atoms with E-state index in [1.807, 2.05) is 0 Å². The summed E-state index contributed by atoms with van der Waals surface area (Å²) in [6, 6.07) is 2.98. The highest BCUT2D eigenvalue weighted by Crippen LogP contribution is 2.35. The standard InChI is InChI=1S/C18H15BrF6N2O4S/c19-11-2-4-15(14(7-11)31-18(23,24)25)32(29,30)27-12-3-1-9-5-10(8-26-13(12)6-9)16(28)17(20,21)22/h2,4,6-7,10,26-27H,1,3,5,8H2. The average molecular weight is 549 g/mol. The van der Waals surface area contributed by atoms with Crippen molar-refractivity contribution in [2.24, 2.45) is 5.92 Å². The first-order valence-corrected chi connectivity index (χ1v) is 11.3. The molecule has 1 aromatic rings. The third kappa shape index (κ3) is 5.77. The Labute approximate surface area is 186 Å². The van der Waals surface area contributed by atoms with E-state index in [-0.39, 0.29) is 41.7 Å². The molecule has 1 heterocycles. The molecule has 0 saturated heterocycles. The molecule has 1 aliphatic carbocycles. The number of hydrogen-bond acceptors (Lipinski definition) is 5. The zero-order chi connectivity index (χ0) is 23.9. The number of benzene rings is 1. The molecule has 1 atom stereocenters. The second-order valence-electron chi connectivity index (χ2n) is 7.08. The summed E-state index contributed by atoms with van der Waals surface area (Å²) in [5.41, 5.74) is 0.734. The number of alkyl halides is 6. The van der Waals surface area contributed by atoms with Gasteiger partial charge in [-0.05, 0) is 43.5 Å². The van der Waals surface area contributed by atoms with Gasteiger partial charge in [-0.15, -0.1) is 13.2 Å². The summed E-state index contributed by atoms with van der Waals surface area (Å²) in [5.74, 6) is -4.21. The largest absolute Gasteiger partial charge is 0.573 e. The van der Waals surface area contributed by atoms with E-state index in [4.69, 9.17) is 0 Å². The molecule has 0 amide bonds. The van der Waals surface area contributed by atoms with E-state index in [1.165, 1.54) is 12.1 Å². The van der Waals surface area contributed by atoms with Gasteiger partial charge < -0.3 is 10.1 Å². The van der Waals surface area contributed by atoms with Crippen LogP contribution in [-0.4, -0.2) is 33.3 Å². The van der Waals surface area contributed by atoms with E-state index < -0.39 is 44.9 Å². The molecule has 2 aliphatic rings. The lowest BCUT2D eigenvalue weighted by Crippen LogP contribution is -2.36. The van der Waals surface area contributed by atoms with Crippen molar-refractivity contribution in [3.05, 3.63) is 45.7 Å². The first-order chi connectivity index (χ1) is 14.7. The van der Waals surface area contributed by atoms with Crippen LogP contribution in [0.3, 0.4) is 0 Å². The first kappa shape index (κ1) is 24.4. The van der Waals surface area contributed by atoms with Gasteiger partial charge in [0.2, 0.25) is 5.78 Å². The number of carbonyl (C=O) groups is 1. The highest BCUT2D eigenvalue weighted by molar-refractivity contribution is 9.10. The van der Waals surface area contributed by atoms with Crippen LogP contribution >= 0.6 is 15.9 Å². The normalized spacial score (nSPS) is 19.6. The van der Waals surface area contributed by atoms with Gasteiger partial charge in [-0.2, -0.15) is 13.2 Å². The maximum atomic E-state index is 12.8. The van der Waals surface area contributed by atoms with Gasteiger partial charge in [-0.25, -0.2) is 8.42 Å². The minimum absolute atomic E-state index is 0.0507. The fraction of sp³-hybridized carbons (Fsp3) is 0.389. The van der Waals surface area contributed by atoms with Crippen molar-refractivity contribution in [3.8, 4) is 5.75 Å². The number of nitrogens with one attached hydrogen (secondary N) is 2. The minimum atomic E-state index is -5.14. The number of allylic oxidation sites excluding steroid dienone is 3. The van der Waals surface area contributed by atoms with Crippen molar-refractivity contribution in [2.75, 3.05) is 6.54 Å². The summed E-state index contributed by atoms with van der Waals surface area (Å²) in [4.78, 5) is 10.8. The molecular formula is C18H15BrF6N2O4S. The Morgan fingerprint density at radius 1 is 1.16 bits per heavy atom. The number of fused-ring (bicyclic) bond motifs is 1. The number of ketones is 1. The molecule has 1 unspecified atom stereocenters. The molecule has 1 aromatic carbocycles. The Hall–Kier alpha value is -2.22. The number of hydrogen-bond donors (Lipinski definition) is 2. The van der Waals surface area contributed by atoms with Crippen molar-refractivity contribution < 1.29 is 44.3 Å². The number of rotatable bonds is 5. The van der Waals surface area contributed by atoms with Crippen molar-refractivity contribution in [3.63, 3.8) is 0 Å². The predicted octanol–water partition coefficient (Wildman–Crippen LogP) is 4.30. The van der Waals surface area contributed by atoms with Crippen LogP contribution in [0.5, 0.6) is 5.75 Å². The van der Waals surface area contributed by atoms with Gasteiger partial charge in [0.25, 0.3) is 10.0 Å². The Balaban J connectivity index is 1.88. The lowest BCUT2D eigenvalue weighted by Gasteiger charge is -2.21. The number of carbonyl (C=O) groups excluding carboxylic acids is 1. The van der Waals surface area contributed by atoms with Gasteiger partial charge in [0, 0.05) is 22.6 Å². The van der Waals surface area contributed by atoms with Crippen LogP contribution in [0, 0.1) is 5.92 Å². The van der Waals surface area contributed by atoms with Crippen LogP contribution in [0.4, 0.5) is 26.3 Å². The fourth-order valence-corrected chi connectivity index (χ4v) is 4.97. The molecule has 0 saturated carbocycles. The second-order valence-corrected chi connectivity index (χ2v) is 9.65. The molecule has 0 radical (unpaired) electrons. The summed E-state index contributed by atoms with van der Waals surface area (Å²) >= 11 is 2.95. The third-order valence-corrected chi connectivity index (χ3v) is 6.67. The van der Waals surface area contributed by atoms with E-state index in [9.17, 15) is 39.6 Å². The average Bonchev–Trinajstić information content (AvgIpc) is 2.80. The minimum Gasteiger partial charge on any atom is -0.404 e. The highest BCUT2D eigenvalue weighted by atomic mass is 79.9. The Morgan fingerprint density at radius 3 is 2.47 bits per heavy atom. The Morgan fingerprint density at radius 2 is 1.84 bits per heavy atom. The van der Waals surface area contributed by atoms with Crippen molar-refractivity contribution in [1.82, 2.24) is 10.0 Å². The maximum Gasteiger partial charge on any atom is 0.573 e. The van der Waals surface area contributed by atoms with E-state index >= 15 is 0 Å². The Kier molecular flexibility index (Phi) is 6.57. The Bertz CT molecular complexity index is 1100. The van der Waals surface area contributed by atoms with E-state index in [0.29, 0.717) is 5.57 Å². The first-order valence-electron chi connectivity index (χ1n) is 9.01. The monoisotopic (exact) mass is 548 g/mol. The molecule has 0 spiro atoms. The fourth-order valence-electron chi connectivity index (χ4n) is 3.37. The third-order valence-electron chi connectivity index (χ3n) is 4.75. The number of ether oxygens (including phenoxy) is 1. The molecular weight excluding hydrogens is 534 g/mol. The maximum absolute atomic E-state index is 12.8. The van der Waals surface area contributed by atoms with Gasteiger partial charge in [-0.1, -0.05) is 21.5 Å². The molecule has 0 fully saturated rings. The quantitative estimate of drug-likeness (QED) is 0.536. The highest BCUT2D eigenvalue weighted by Gasteiger charge is 2.44. The van der Waals surface area contributed by atoms with E-state index in [2.05, 4.69) is 30.7 Å². The zero-order valence-corrected chi connectivity index (χ0v) is 18.3. The lowest BCUT2D eigenvalue weighted by molar-refractivity contribution is -0.275. The summed E-state index contributed by atoms with van der Waals surface area (Å²) in [5, 5.41) is 2.64. The van der Waals surface area contributed by atoms with Gasteiger partial charge in [-0.3, -0.25) is 9.52 Å². The van der Waals surface area contributed by atoms with Crippen LogP contribution in [0.1, 0.15) is 19.3 Å². The van der Waals surface area contributed by atoms with Crippen molar-refractivity contribution in [1.29, 1.82) is 0 Å². The molecule has 2 bridgehead atoms. The summed E-state index contributed by atoms with van der Waals surface area (Å²) in [6.07, 6.45) is -8.59. The van der Waals surface area contributed by atoms with Crippen molar-refractivity contribution in [2.45, 2.75) is 36.7 Å². The molecule has 1 aliphatic heterocycles. The van der Waals surface area contributed by atoms with Gasteiger partial charge in [0.1, 0.15) is 4.90 Å². The van der Waals surface area contributed by atoms with Crippen LogP contribution in [0.2, 0.25) is 0 Å². The van der Waals surface area contributed by atoms with Crippen LogP contribution < -0.4 is 14.8 Å². The zero-order valence-electron chi connectivity index (χ0n) is 15.9. The predicted molar refractivity (Wildman–Crippen MR) is 103 cm³/mol. The number of sulfonamides is 1. The molecule has 0 aromatic heterocycles. The molecule has 3 rings (SSSR count). The molecule has 176 valence electrons. The smallest absolute Gasteiger partial charge is 0.404 e. The van der Waals surface area contributed by atoms with Gasteiger partial charge in [0.05, 0.1) is 5.70 Å². The summed E-state index contributed by atoms with van der Waals surface area (Å²) in [7, 11) is -4.55. The van der Waals surface area contributed by atoms with E-state index in [0.717, 1.165) is 12.1 Å². The molecule has 2 N–H and O–H groups in total. The molecule has 14 heteroatoms. The van der Waals surface area contributed by atoms with E-state index in [1.54, 1.807) is 0 Å². The topological polar surface area (TPSA) is 84.5 Å². The second kappa shape index (κ2) is 8.61. The number of Topliss-reactive ketones (excluding diaryl/α,β-unsaturated/α-hetero) is 1. The molecule has 6 nitrogen and oxygen atoms in total. The summed E-state index contributed by atoms with van der Waals surface area (Å²) < 4.78 is 108.